The Morgan fingerprint density at radius 1 is 1.39 bits per heavy atom. The fourth-order valence-corrected chi connectivity index (χ4v) is 4.29. The van der Waals surface area contributed by atoms with E-state index in [0.717, 1.165) is 0 Å². The summed E-state index contributed by atoms with van der Waals surface area (Å²) in [5.74, 6) is 0.336. The molecule has 0 amide bonds. The molecule has 2 atom stereocenters. The molecular formula is C14H16O3Se. The third-order valence-corrected chi connectivity index (χ3v) is 5.86. The van der Waals surface area contributed by atoms with Gasteiger partial charge in [-0.2, -0.15) is 0 Å². The van der Waals surface area contributed by atoms with Crippen LogP contribution < -0.4 is 4.46 Å². The molecule has 3 nitrogen and oxygen atoms in total. The second-order valence-corrected chi connectivity index (χ2v) is 7.32. The third-order valence-electron chi connectivity index (χ3n) is 3.15. The zero-order valence-electron chi connectivity index (χ0n) is 10.4. The molecule has 1 aromatic carbocycles. The van der Waals surface area contributed by atoms with Crippen LogP contribution in [0.25, 0.3) is 0 Å². The fourth-order valence-electron chi connectivity index (χ4n) is 1.95. The number of rotatable bonds is 4. The molecule has 0 saturated heterocycles. The topological polar surface area (TPSA) is 46.5 Å². The van der Waals surface area contributed by atoms with Crippen LogP contribution >= 0.6 is 0 Å². The van der Waals surface area contributed by atoms with E-state index in [9.17, 15) is 9.90 Å². The minimum atomic E-state index is -1.29. The number of methoxy groups -OCH3 is 1. The van der Waals surface area contributed by atoms with E-state index >= 15 is 0 Å². The molecule has 0 radical (unpaired) electrons. The van der Waals surface area contributed by atoms with Gasteiger partial charge in [0.05, 0.1) is 0 Å². The SMILES string of the molecule is COC1=CC(=O)C(O)(C(C)[Se]c2ccccc2)C1. The molecule has 1 aliphatic rings. The Kier molecular flexibility index (Phi) is 3.91. The summed E-state index contributed by atoms with van der Waals surface area (Å²) in [7, 11) is 1.53. The molecule has 0 fully saturated rings. The first-order chi connectivity index (χ1) is 8.56. The van der Waals surface area contributed by atoms with Crippen LogP contribution in [0.15, 0.2) is 42.2 Å². The number of carbonyl (C=O) groups is 1. The molecule has 0 bridgehead atoms. The van der Waals surface area contributed by atoms with Crippen molar-refractivity contribution in [2.75, 3.05) is 7.11 Å². The number of hydrogen-bond donors (Lipinski definition) is 1. The first-order valence-corrected chi connectivity index (χ1v) is 7.64. The van der Waals surface area contributed by atoms with E-state index in [1.165, 1.54) is 17.6 Å². The summed E-state index contributed by atoms with van der Waals surface area (Å²) in [6.45, 7) is 1.93. The summed E-state index contributed by atoms with van der Waals surface area (Å²) in [5, 5.41) is 10.5. The molecule has 4 heteroatoms. The molecule has 0 aromatic heterocycles. The van der Waals surface area contributed by atoms with Crippen molar-refractivity contribution in [2.45, 2.75) is 23.8 Å². The van der Waals surface area contributed by atoms with Gasteiger partial charge in [0, 0.05) is 0 Å². The molecule has 2 rings (SSSR count). The average molecular weight is 311 g/mol. The first-order valence-electron chi connectivity index (χ1n) is 5.79. The number of ketones is 1. The van der Waals surface area contributed by atoms with Crippen molar-refractivity contribution in [3.05, 3.63) is 42.2 Å². The Morgan fingerprint density at radius 2 is 2.06 bits per heavy atom. The van der Waals surface area contributed by atoms with Gasteiger partial charge < -0.3 is 0 Å². The number of carbonyl (C=O) groups excluding carboxylic acids is 1. The molecule has 0 heterocycles. The van der Waals surface area contributed by atoms with Gasteiger partial charge in [0.2, 0.25) is 0 Å². The maximum absolute atomic E-state index is 11.9. The van der Waals surface area contributed by atoms with Crippen molar-refractivity contribution in [2.24, 2.45) is 0 Å². The van der Waals surface area contributed by atoms with Crippen molar-refractivity contribution < 1.29 is 14.6 Å². The number of hydrogen-bond acceptors (Lipinski definition) is 3. The van der Waals surface area contributed by atoms with Crippen molar-refractivity contribution >= 4 is 25.2 Å². The zero-order valence-corrected chi connectivity index (χ0v) is 12.1. The maximum atomic E-state index is 11.9. The number of benzene rings is 1. The van der Waals surface area contributed by atoms with E-state index in [1.54, 1.807) is 0 Å². The summed E-state index contributed by atoms with van der Waals surface area (Å²) in [5.41, 5.74) is -1.29. The molecule has 18 heavy (non-hydrogen) atoms. The summed E-state index contributed by atoms with van der Waals surface area (Å²) in [6.07, 6.45) is 1.70. The van der Waals surface area contributed by atoms with Gasteiger partial charge in [-0.05, 0) is 0 Å². The van der Waals surface area contributed by atoms with Gasteiger partial charge in [-0.25, -0.2) is 0 Å². The van der Waals surface area contributed by atoms with E-state index in [2.05, 4.69) is 0 Å². The molecule has 0 spiro atoms. The monoisotopic (exact) mass is 312 g/mol. The van der Waals surface area contributed by atoms with Gasteiger partial charge in [0.15, 0.2) is 0 Å². The standard InChI is InChI=1S/C14H16O3Se/c1-10(18-12-6-4-3-5-7-12)14(16)9-11(17-2)8-13(14)15/h3-8,10,16H,9H2,1-2H3. The van der Waals surface area contributed by atoms with Crippen LogP contribution in [-0.4, -0.2) is 38.6 Å². The summed E-state index contributed by atoms with van der Waals surface area (Å²) in [6, 6.07) is 9.98. The van der Waals surface area contributed by atoms with Crippen LogP contribution in [-0.2, 0) is 9.53 Å². The Morgan fingerprint density at radius 3 is 2.61 bits per heavy atom. The van der Waals surface area contributed by atoms with Crippen LogP contribution in [0.5, 0.6) is 0 Å². The van der Waals surface area contributed by atoms with Crippen LogP contribution in [0.1, 0.15) is 13.3 Å². The number of aliphatic hydroxyl groups is 1. The minimum absolute atomic E-state index is 0.0582. The number of ether oxygens (including phenoxy) is 1. The van der Waals surface area contributed by atoms with E-state index in [1.807, 2.05) is 37.3 Å². The predicted molar refractivity (Wildman–Crippen MR) is 70.9 cm³/mol. The van der Waals surface area contributed by atoms with Crippen LogP contribution in [0.3, 0.4) is 0 Å². The van der Waals surface area contributed by atoms with E-state index < -0.39 is 5.60 Å². The normalized spacial score (nSPS) is 24.8. The Hall–Kier alpha value is -1.09. The van der Waals surface area contributed by atoms with Crippen molar-refractivity contribution in [3.63, 3.8) is 0 Å². The molecule has 1 N–H and O–H groups in total. The molecular weight excluding hydrogens is 295 g/mol. The summed E-state index contributed by atoms with van der Waals surface area (Å²) >= 11 is 0.0582. The molecule has 2 unspecified atom stereocenters. The fraction of sp³-hybridized carbons (Fsp3) is 0.357. The van der Waals surface area contributed by atoms with Gasteiger partial charge in [0.25, 0.3) is 0 Å². The molecule has 0 aliphatic heterocycles. The third kappa shape index (κ3) is 2.51. The average Bonchev–Trinajstić information content (AvgIpc) is 2.68. The quantitative estimate of drug-likeness (QED) is 0.846. The van der Waals surface area contributed by atoms with E-state index in [0.29, 0.717) is 5.76 Å². The van der Waals surface area contributed by atoms with Gasteiger partial charge in [-0.3, -0.25) is 0 Å². The van der Waals surface area contributed by atoms with Gasteiger partial charge in [-0.15, -0.1) is 0 Å². The van der Waals surface area contributed by atoms with Crippen LogP contribution in [0.4, 0.5) is 0 Å². The predicted octanol–water partition coefficient (Wildman–Crippen LogP) is 1.06. The summed E-state index contributed by atoms with van der Waals surface area (Å²) < 4.78 is 6.25. The summed E-state index contributed by atoms with van der Waals surface area (Å²) in [4.78, 5) is 11.8. The van der Waals surface area contributed by atoms with E-state index in [4.69, 9.17) is 4.74 Å². The van der Waals surface area contributed by atoms with Crippen molar-refractivity contribution in [3.8, 4) is 0 Å². The first kappa shape index (κ1) is 13.3. The van der Waals surface area contributed by atoms with Crippen LogP contribution in [0, 0.1) is 0 Å². The van der Waals surface area contributed by atoms with Gasteiger partial charge >= 0.3 is 113 Å². The van der Waals surface area contributed by atoms with Gasteiger partial charge in [-0.1, -0.05) is 0 Å². The zero-order chi connectivity index (χ0) is 13.2. The van der Waals surface area contributed by atoms with Crippen molar-refractivity contribution in [1.29, 1.82) is 0 Å². The van der Waals surface area contributed by atoms with Gasteiger partial charge in [0.1, 0.15) is 0 Å². The molecule has 96 valence electrons. The molecule has 1 aromatic rings. The Balaban J connectivity index is 2.10. The second-order valence-electron chi connectivity index (χ2n) is 4.35. The molecule has 1 aliphatic carbocycles. The Bertz CT molecular complexity index is 469. The molecule has 0 saturated carbocycles. The second kappa shape index (κ2) is 5.27. The van der Waals surface area contributed by atoms with Crippen LogP contribution in [0.2, 0.25) is 4.82 Å². The Labute approximate surface area is 113 Å². The van der Waals surface area contributed by atoms with Crippen molar-refractivity contribution in [1.82, 2.24) is 0 Å². The van der Waals surface area contributed by atoms with E-state index in [-0.39, 0.29) is 32.0 Å².